The quantitative estimate of drug-likeness (QED) is 0.799. The molecule has 1 aliphatic rings. The Kier molecular flexibility index (Phi) is 3.27. The molecule has 0 aliphatic heterocycles. The number of rotatable bonds is 5. The van der Waals surface area contributed by atoms with Gasteiger partial charge in [0.25, 0.3) is 0 Å². The van der Waals surface area contributed by atoms with Gasteiger partial charge in [-0.15, -0.1) is 0 Å². The predicted molar refractivity (Wildman–Crippen MR) is 66.2 cm³/mol. The maximum atomic E-state index is 5.70. The lowest BCUT2D eigenvalue weighted by Gasteiger charge is -2.17. The molecular formula is C12H20N4. The van der Waals surface area contributed by atoms with Gasteiger partial charge in [-0.25, -0.2) is 9.97 Å². The van der Waals surface area contributed by atoms with Crippen LogP contribution in [-0.4, -0.2) is 16.0 Å². The molecule has 1 heterocycles. The number of aryl methyl sites for hydroxylation is 1. The Morgan fingerprint density at radius 2 is 2.25 bits per heavy atom. The van der Waals surface area contributed by atoms with Crippen molar-refractivity contribution in [3.63, 3.8) is 0 Å². The smallest absolute Gasteiger partial charge is 0.132 e. The molecule has 1 aliphatic carbocycles. The minimum absolute atomic E-state index is 0.515. The Morgan fingerprint density at radius 3 is 2.81 bits per heavy atom. The number of nitrogen functional groups attached to an aromatic ring is 1. The van der Waals surface area contributed by atoms with Crippen molar-refractivity contribution in [3.05, 3.63) is 11.9 Å². The Hall–Kier alpha value is -1.32. The van der Waals surface area contributed by atoms with Crippen LogP contribution < -0.4 is 11.1 Å². The first kappa shape index (κ1) is 11.2. The normalized spacial score (nSPS) is 17.1. The van der Waals surface area contributed by atoms with Gasteiger partial charge < -0.3 is 11.1 Å². The number of hydrogen-bond acceptors (Lipinski definition) is 4. The van der Waals surface area contributed by atoms with Gasteiger partial charge in [0.2, 0.25) is 0 Å². The van der Waals surface area contributed by atoms with Crippen LogP contribution in [0.25, 0.3) is 0 Å². The van der Waals surface area contributed by atoms with Gasteiger partial charge >= 0.3 is 0 Å². The lowest BCUT2D eigenvalue weighted by Crippen LogP contribution is -2.20. The highest BCUT2D eigenvalue weighted by Crippen LogP contribution is 2.34. The number of anilines is 2. The van der Waals surface area contributed by atoms with Crippen molar-refractivity contribution in [2.75, 3.05) is 11.1 Å². The van der Waals surface area contributed by atoms with Crippen molar-refractivity contribution in [2.45, 2.75) is 45.6 Å². The molecule has 1 atom stereocenters. The average molecular weight is 220 g/mol. The zero-order valence-electron chi connectivity index (χ0n) is 10.0. The Morgan fingerprint density at radius 1 is 1.50 bits per heavy atom. The van der Waals surface area contributed by atoms with Gasteiger partial charge in [-0.05, 0) is 25.7 Å². The summed E-state index contributed by atoms with van der Waals surface area (Å²) in [5, 5.41) is 3.45. The molecule has 0 amide bonds. The second kappa shape index (κ2) is 4.68. The predicted octanol–water partition coefficient (Wildman–Crippen LogP) is 2.36. The highest BCUT2D eigenvalue weighted by Gasteiger charge is 2.24. The van der Waals surface area contributed by atoms with E-state index in [2.05, 4.69) is 22.2 Å². The van der Waals surface area contributed by atoms with E-state index in [1.807, 2.05) is 13.0 Å². The molecule has 0 spiro atoms. The van der Waals surface area contributed by atoms with E-state index in [9.17, 15) is 0 Å². The van der Waals surface area contributed by atoms with E-state index in [1.165, 1.54) is 19.3 Å². The molecular weight excluding hydrogens is 200 g/mol. The number of aromatic nitrogens is 2. The first-order valence-electron chi connectivity index (χ1n) is 6.05. The van der Waals surface area contributed by atoms with Crippen molar-refractivity contribution < 1.29 is 0 Å². The van der Waals surface area contributed by atoms with Gasteiger partial charge in [0, 0.05) is 12.1 Å². The SMILES string of the molecule is CCC(CC1CC1)Nc1cc(N)nc(C)n1. The monoisotopic (exact) mass is 220 g/mol. The number of nitrogens with one attached hydrogen (secondary N) is 1. The van der Waals surface area contributed by atoms with Crippen molar-refractivity contribution in [1.82, 2.24) is 9.97 Å². The molecule has 4 heteroatoms. The summed E-state index contributed by atoms with van der Waals surface area (Å²) in [5.74, 6) is 3.05. The third-order valence-electron chi connectivity index (χ3n) is 3.02. The molecule has 0 bridgehead atoms. The van der Waals surface area contributed by atoms with E-state index in [0.717, 1.165) is 24.0 Å². The number of nitrogens with two attached hydrogens (primary N) is 1. The summed E-state index contributed by atoms with van der Waals surface area (Å²) in [7, 11) is 0. The second-order valence-corrected chi connectivity index (χ2v) is 4.65. The summed E-state index contributed by atoms with van der Waals surface area (Å²) < 4.78 is 0. The molecule has 4 nitrogen and oxygen atoms in total. The van der Waals surface area contributed by atoms with E-state index in [1.54, 1.807) is 0 Å². The Labute approximate surface area is 96.7 Å². The molecule has 1 aromatic rings. The van der Waals surface area contributed by atoms with Crippen molar-refractivity contribution >= 4 is 11.6 Å². The number of nitrogens with zero attached hydrogens (tertiary/aromatic N) is 2. The zero-order valence-corrected chi connectivity index (χ0v) is 10.0. The van der Waals surface area contributed by atoms with Crippen LogP contribution in [0.3, 0.4) is 0 Å². The van der Waals surface area contributed by atoms with Crippen LogP contribution in [0.1, 0.15) is 38.4 Å². The van der Waals surface area contributed by atoms with Crippen LogP contribution in [0, 0.1) is 12.8 Å². The van der Waals surface area contributed by atoms with E-state index in [0.29, 0.717) is 11.9 Å². The molecule has 1 fully saturated rings. The largest absolute Gasteiger partial charge is 0.384 e. The molecule has 1 unspecified atom stereocenters. The molecule has 88 valence electrons. The fraction of sp³-hybridized carbons (Fsp3) is 0.667. The van der Waals surface area contributed by atoms with E-state index >= 15 is 0 Å². The maximum Gasteiger partial charge on any atom is 0.132 e. The van der Waals surface area contributed by atoms with Crippen molar-refractivity contribution in [1.29, 1.82) is 0 Å². The van der Waals surface area contributed by atoms with E-state index in [4.69, 9.17) is 5.73 Å². The fourth-order valence-corrected chi connectivity index (χ4v) is 1.96. The summed E-state index contributed by atoms with van der Waals surface area (Å²) >= 11 is 0. The van der Waals surface area contributed by atoms with E-state index in [-0.39, 0.29) is 0 Å². The first-order valence-corrected chi connectivity index (χ1v) is 6.05. The molecule has 0 aromatic carbocycles. The third-order valence-corrected chi connectivity index (χ3v) is 3.02. The Bertz CT molecular complexity index is 340. The lowest BCUT2D eigenvalue weighted by atomic mass is 10.1. The van der Waals surface area contributed by atoms with Gasteiger partial charge in [-0.3, -0.25) is 0 Å². The van der Waals surface area contributed by atoms with Gasteiger partial charge in [0.1, 0.15) is 17.5 Å². The summed E-state index contributed by atoms with van der Waals surface area (Å²) in [6.07, 6.45) is 5.16. The summed E-state index contributed by atoms with van der Waals surface area (Å²) in [5.41, 5.74) is 5.70. The molecule has 16 heavy (non-hydrogen) atoms. The summed E-state index contributed by atoms with van der Waals surface area (Å²) in [6.45, 7) is 4.07. The van der Waals surface area contributed by atoms with Crippen LogP contribution >= 0.6 is 0 Å². The zero-order chi connectivity index (χ0) is 11.5. The topological polar surface area (TPSA) is 63.8 Å². The van der Waals surface area contributed by atoms with Crippen molar-refractivity contribution in [2.24, 2.45) is 5.92 Å². The molecule has 1 aromatic heterocycles. The van der Waals surface area contributed by atoms with Gasteiger partial charge in [0.15, 0.2) is 0 Å². The minimum atomic E-state index is 0.515. The van der Waals surface area contributed by atoms with Gasteiger partial charge in [-0.1, -0.05) is 19.8 Å². The van der Waals surface area contributed by atoms with Crippen LogP contribution in [0.4, 0.5) is 11.6 Å². The molecule has 2 rings (SSSR count). The molecule has 0 radical (unpaired) electrons. The number of hydrogen-bond donors (Lipinski definition) is 2. The second-order valence-electron chi connectivity index (χ2n) is 4.65. The van der Waals surface area contributed by atoms with Crippen molar-refractivity contribution in [3.8, 4) is 0 Å². The summed E-state index contributed by atoms with van der Waals surface area (Å²) in [4.78, 5) is 8.41. The molecule has 3 N–H and O–H groups in total. The fourth-order valence-electron chi connectivity index (χ4n) is 1.96. The highest BCUT2D eigenvalue weighted by atomic mass is 15.1. The Balaban J connectivity index is 1.99. The highest BCUT2D eigenvalue weighted by molar-refractivity contribution is 5.45. The van der Waals surface area contributed by atoms with Crippen LogP contribution in [0.2, 0.25) is 0 Å². The molecule has 1 saturated carbocycles. The van der Waals surface area contributed by atoms with Crippen LogP contribution in [0.5, 0.6) is 0 Å². The van der Waals surface area contributed by atoms with Gasteiger partial charge in [0.05, 0.1) is 0 Å². The summed E-state index contributed by atoms with van der Waals surface area (Å²) in [6, 6.07) is 2.32. The first-order chi connectivity index (χ1) is 7.67. The minimum Gasteiger partial charge on any atom is -0.384 e. The van der Waals surface area contributed by atoms with Crippen LogP contribution in [-0.2, 0) is 0 Å². The van der Waals surface area contributed by atoms with Crippen LogP contribution in [0.15, 0.2) is 6.07 Å². The third kappa shape index (κ3) is 3.08. The van der Waals surface area contributed by atoms with Gasteiger partial charge in [-0.2, -0.15) is 0 Å². The standard InChI is InChI=1S/C12H20N4/c1-3-10(6-9-4-5-9)16-12-7-11(13)14-8(2)15-12/h7,9-10H,3-6H2,1-2H3,(H3,13,14,15,16). The lowest BCUT2D eigenvalue weighted by molar-refractivity contribution is 0.585. The average Bonchev–Trinajstić information content (AvgIpc) is 2.99. The van der Waals surface area contributed by atoms with E-state index < -0.39 is 0 Å². The maximum absolute atomic E-state index is 5.70. The molecule has 0 saturated heterocycles.